The molecule has 0 radical (unpaired) electrons. The summed E-state index contributed by atoms with van der Waals surface area (Å²) < 4.78 is 4.83. The number of hydrogen-bond acceptors (Lipinski definition) is 7. The fraction of sp³-hybridized carbons (Fsp3) is 0.158. The van der Waals surface area contributed by atoms with Gasteiger partial charge in [0.15, 0.2) is 0 Å². The Labute approximate surface area is 164 Å². The van der Waals surface area contributed by atoms with Gasteiger partial charge in [0, 0.05) is 30.4 Å². The molecule has 0 saturated heterocycles. The van der Waals surface area contributed by atoms with Crippen LogP contribution in [0.1, 0.15) is 48.4 Å². The first-order valence-corrected chi connectivity index (χ1v) is 8.47. The van der Waals surface area contributed by atoms with Crippen LogP contribution in [0.5, 0.6) is 0 Å². The fourth-order valence-electron chi connectivity index (χ4n) is 2.82. The largest absolute Gasteiger partial charge is 0.462 e. The molecule has 3 rings (SSSR count). The van der Waals surface area contributed by atoms with E-state index in [1.165, 1.54) is 31.3 Å². The second kappa shape index (κ2) is 7.50. The molecule has 1 N–H and O–H groups in total. The number of nitro groups is 1. The van der Waals surface area contributed by atoms with Gasteiger partial charge in [-0.25, -0.2) is 4.79 Å². The van der Waals surface area contributed by atoms with E-state index in [9.17, 15) is 29.3 Å². The van der Waals surface area contributed by atoms with Crippen LogP contribution in [0.4, 0.5) is 11.4 Å². The Kier molecular flexibility index (Phi) is 5.09. The van der Waals surface area contributed by atoms with E-state index >= 15 is 0 Å². The SMILES string of the molecule is CCOC(=O)c1cc(C(=O)Nc2ccc3c(c2)C(=O)N(C)C3=O)cc([N+](=O)[O-])c1. The highest BCUT2D eigenvalue weighted by Crippen LogP contribution is 2.25. The zero-order chi connectivity index (χ0) is 21.3. The van der Waals surface area contributed by atoms with E-state index in [1.807, 2.05) is 0 Å². The number of ether oxygens (including phenoxy) is 1. The van der Waals surface area contributed by atoms with E-state index in [4.69, 9.17) is 4.74 Å². The van der Waals surface area contributed by atoms with Gasteiger partial charge in [0.2, 0.25) is 0 Å². The quantitative estimate of drug-likeness (QED) is 0.354. The topological polar surface area (TPSA) is 136 Å². The lowest BCUT2D eigenvalue weighted by atomic mass is 10.1. The third-order valence-electron chi connectivity index (χ3n) is 4.25. The van der Waals surface area contributed by atoms with Crippen LogP contribution in [0.25, 0.3) is 0 Å². The lowest BCUT2D eigenvalue weighted by Gasteiger charge is -2.08. The summed E-state index contributed by atoms with van der Waals surface area (Å²) in [6.45, 7) is 1.65. The molecule has 1 aliphatic heterocycles. The smallest absolute Gasteiger partial charge is 0.338 e. The summed E-state index contributed by atoms with van der Waals surface area (Å²) in [6, 6.07) is 7.41. The summed E-state index contributed by atoms with van der Waals surface area (Å²) >= 11 is 0. The molecule has 148 valence electrons. The van der Waals surface area contributed by atoms with Crippen LogP contribution in [-0.4, -0.2) is 47.2 Å². The zero-order valence-corrected chi connectivity index (χ0v) is 15.4. The summed E-state index contributed by atoms with van der Waals surface area (Å²) in [5.41, 5.74) is -0.145. The molecule has 0 atom stereocenters. The average molecular weight is 397 g/mol. The molecule has 2 aromatic carbocycles. The van der Waals surface area contributed by atoms with Gasteiger partial charge in [-0.15, -0.1) is 0 Å². The van der Waals surface area contributed by atoms with Gasteiger partial charge < -0.3 is 10.1 Å². The van der Waals surface area contributed by atoms with Crippen LogP contribution in [0, 0.1) is 10.1 Å². The summed E-state index contributed by atoms with van der Waals surface area (Å²) in [5, 5.41) is 13.6. The van der Waals surface area contributed by atoms with Gasteiger partial charge in [0.25, 0.3) is 23.4 Å². The second-order valence-corrected chi connectivity index (χ2v) is 6.13. The van der Waals surface area contributed by atoms with Crippen molar-refractivity contribution in [2.75, 3.05) is 19.0 Å². The number of non-ortho nitro benzene ring substituents is 1. The average Bonchev–Trinajstić information content (AvgIpc) is 2.91. The predicted octanol–water partition coefficient (Wildman–Crippen LogP) is 2.25. The fourth-order valence-corrected chi connectivity index (χ4v) is 2.82. The minimum atomic E-state index is -0.796. The van der Waals surface area contributed by atoms with E-state index in [-0.39, 0.29) is 34.5 Å². The Morgan fingerprint density at radius 3 is 2.38 bits per heavy atom. The molecule has 10 nitrogen and oxygen atoms in total. The Morgan fingerprint density at radius 2 is 1.72 bits per heavy atom. The van der Waals surface area contributed by atoms with Gasteiger partial charge in [-0.2, -0.15) is 0 Å². The van der Waals surface area contributed by atoms with Crippen LogP contribution < -0.4 is 5.32 Å². The Hall–Kier alpha value is -4.08. The number of rotatable bonds is 5. The minimum Gasteiger partial charge on any atom is -0.462 e. The molecule has 0 fully saturated rings. The molecule has 0 saturated carbocycles. The number of nitro benzene ring substituents is 1. The molecule has 0 unspecified atom stereocenters. The van der Waals surface area contributed by atoms with Gasteiger partial charge in [0.1, 0.15) is 0 Å². The normalized spacial score (nSPS) is 12.6. The molecule has 3 amide bonds. The van der Waals surface area contributed by atoms with Crippen LogP contribution in [0.15, 0.2) is 36.4 Å². The molecular weight excluding hydrogens is 382 g/mol. The highest BCUT2D eigenvalue weighted by molar-refractivity contribution is 6.21. The molecule has 29 heavy (non-hydrogen) atoms. The van der Waals surface area contributed by atoms with Crippen LogP contribution in [-0.2, 0) is 4.74 Å². The van der Waals surface area contributed by atoms with Crippen molar-refractivity contribution < 1.29 is 28.8 Å². The van der Waals surface area contributed by atoms with E-state index in [0.29, 0.717) is 0 Å². The molecule has 10 heteroatoms. The third-order valence-corrected chi connectivity index (χ3v) is 4.25. The number of benzene rings is 2. The number of amides is 3. The van der Waals surface area contributed by atoms with Crippen molar-refractivity contribution in [2.24, 2.45) is 0 Å². The first kappa shape index (κ1) is 19.7. The van der Waals surface area contributed by atoms with Crippen molar-refractivity contribution >= 4 is 35.1 Å². The molecule has 2 aromatic rings. The van der Waals surface area contributed by atoms with Gasteiger partial charge in [-0.1, -0.05) is 0 Å². The molecule has 0 aromatic heterocycles. The van der Waals surface area contributed by atoms with E-state index in [1.54, 1.807) is 6.92 Å². The lowest BCUT2D eigenvalue weighted by Crippen LogP contribution is -2.24. The predicted molar refractivity (Wildman–Crippen MR) is 99.9 cm³/mol. The Balaban J connectivity index is 1.92. The van der Waals surface area contributed by atoms with E-state index < -0.39 is 34.3 Å². The highest BCUT2D eigenvalue weighted by atomic mass is 16.6. The first-order valence-electron chi connectivity index (χ1n) is 8.47. The van der Waals surface area contributed by atoms with Gasteiger partial charge >= 0.3 is 5.97 Å². The highest BCUT2D eigenvalue weighted by Gasteiger charge is 2.32. The second-order valence-electron chi connectivity index (χ2n) is 6.13. The first-order chi connectivity index (χ1) is 13.7. The van der Waals surface area contributed by atoms with Crippen molar-refractivity contribution in [1.82, 2.24) is 4.90 Å². The number of imide groups is 1. The number of esters is 1. The molecule has 0 aliphatic carbocycles. The molecule has 1 heterocycles. The maximum absolute atomic E-state index is 12.6. The van der Waals surface area contributed by atoms with Crippen LogP contribution >= 0.6 is 0 Å². The van der Waals surface area contributed by atoms with Crippen molar-refractivity contribution in [1.29, 1.82) is 0 Å². The maximum atomic E-state index is 12.6. The lowest BCUT2D eigenvalue weighted by molar-refractivity contribution is -0.384. The van der Waals surface area contributed by atoms with Gasteiger partial charge in [0.05, 0.1) is 28.2 Å². The van der Waals surface area contributed by atoms with Gasteiger partial charge in [-0.3, -0.25) is 29.4 Å². The van der Waals surface area contributed by atoms with Crippen molar-refractivity contribution in [3.8, 4) is 0 Å². The van der Waals surface area contributed by atoms with Gasteiger partial charge in [-0.05, 0) is 31.2 Å². The monoisotopic (exact) mass is 397 g/mol. The summed E-state index contributed by atoms with van der Waals surface area (Å²) in [5.74, 6) is -2.47. The van der Waals surface area contributed by atoms with Crippen LogP contribution in [0.2, 0.25) is 0 Å². The third kappa shape index (κ3) is 3.68. The summed E-state index contributed by atoms with van der Waals surface area (Å²) in [4.78, 5) is 59.9. The van der Waals surface area contributed by atoms with Crippen molar-refractivity contribution in [3.63, 3.8) is 0 Å². The molecule has 1 aliphatic rings. The number of anilines is 1. The van der Waals surface area contributed by atoms with Crippen LogP contribution in [0.3, 0.4) is 0 Å². The Bertz CT molecular complexity index is 1080. The van der Waals surface area contributed by atoms with E-state index in [0.717, 1.165) is 17.0 Å². The number of carbonyl (C=O) groups is 4. The number of fused-ring (bicyclic) bond motifs is 1. The van der Waals surface area contributed by atoms with E-state index in [2.05, 4.69) is 5.32 Å². The standard InChI is InChI=1S/C19H15N3O7/c1-3-29-19(26)11-6-10(7-13(8-11)22(27)28)16(23)20-12-4-5-14-15(9-12)18(25)21(2)17(14)24/h4-9H,3H2,1-2H3,(H,20,23). The molecule has 0 bridgehead atoms. The maximum Gasteiger partial charge on any atom is 0.338 e. The van der Waals surface area contributed by atoms with Crippen molar-refractivity contribution in [2.45, 2.75) is 6.92 Å². The number of nitrogens with one attached hydrogen (secondary N) is 1. The minimum absolute atomic E-state index is 0.0688. The molecule has 0 spiro atoms. The molecular formula is C19H15N3O7. The number of hydrogen-bond donors (Lipinski definition) is 1. The summed E-state index contributed by atoms with van der Waals surface area (Å²) in [6.07, 6.45) is 0. The zero-order valence-electron chi connectivity index (χ0n) is 15.4. The number of nitrogens with zero attached hydrogens (tertiary/aromatic N) is 2. The Morgan fingerprint density at radius 1 is 1.07 bits per heavy atom. The van der Waals surface area contributed by atoms with Crippen molar-refractivity contribution in [3.05, 3.63) is 68.8 Å². The number of carbonyl (C=O) groups excluding carboxylic acids is 4. The summed E-state index contributed by atoms with van der Waals surface area (Å²) in [7, 11) is 1.35.